The summed E-state index contributed by atoms with van der Waals surface area (Å²) in [7, 11) is 0. The molecule has 4 heteroatoms. The molecule has 0 saturated heterocycles. The third-order valence-electron chi connectivity index (χ3n) is 4.31. The molecule has 0 aromatic heterocycles. The lowest BCUT2D eigenvalue weighted by atomic mass is 10.00. The molecule has 1 aliphatic rings. The highest BCUT2D eigenvalue weighted by atomic mass is 16.4. The van der Waals surface area contributed by atoms with Crippen LogP contribution >= 0.6 is 0 Å². The lowest BCUT2D eigenvalue weighted by molar-refractivity contribution is -0.305. The number of hydrogen-bond acceptors (Lipinski definition) is 4. The molecule has 2 aromatic carbocycles. The number of rotatable bonds is 7. The van der Waals surface area contributed by atoms with Crippen LogP contribution in [0, 0.1) is 0 Å². The first-order valence-electron chi connectivity index (χ1n) is 8.37. The van der Waals surface area contributed by atoms with Crippen LogP contribution in [-0.2, 0) is 11.2 Å². The normalized spacial score (nSPS) is 16.9. The summed E-state index contributed by atoms with van der Waals surface area (Å²) in [5.74, 6) is -1.02. The third-order valence-corrected chi connectivity index (χ3v) is 4.31. The zero-order valence-electron chi connectivity index (χ0n) is 13.6. The fourth-order valence-corrected chi connectivity index (χ4v) is 3.08. The van der Waals surface area contributed by atoms with Crippen LogP contribution in [0.1, 0.15) is 31.2 Å². The summed E-state index contributed by atoms with van der Waals surface area (Å²) in [4.78, 5) is 10.7. The summed E-state index contributed by atoms with van der Waals surface area (Å²) in [6.07, 6.45) is 3.28. The van der Waals surface area contributed by atoms with Gasteiger partial charge in [0.25, 0.3) is 0 Å². The van der Waals surface area contributed by atoms with Crippen molar-refractivity contribution in [2.45, 2.75) is 38.1 Å². The second-order valence-electron chi connectivity index (χ2n) is 6.10. The van der Waals surface area contributed by atoms with Crippen molar-refractivity contribution in [3.05, 3.63) is 66.2 Å². The Morgan fingerprint density at radius 3 is 2.38 bits per heavy atom. The number of hydrazone groups is 1. The Morgan fingerprint density at radius 2 is 1.71 bits per heavy atom. The Labute approximate surface area is 142 Å². The molecule has 2 aromatic rings. The molecule has 0 bridgehead atoms. The molecule has 0 N–H and O–H groups in total. The van der Waals surface area contributed by atoms with Gasteiger partial charge in [0.15, 0.2) is 0 Å². The van der Waals surface area contributed by atoms with E-state index < -0.39 is 5.97 Å². The third kappa shape index (κ3) is 4.22. The van der Waals surface area contributed by atoms with E-state index in [9.17, 15) is 9.90 Å². The summed E-state index contributed by atoms with van der Waals surface area (Å²) < 4.78 is 0. The van der Waals surface area contributed by atoms with Crippen molar-refractivity contribution >= 4 is 17.4 Å². The smallest absolute Gasteiger partial charge is 0.0597 e. The Hall–Kier alpha value is -2.62. The minimum absolute atomic E-state index is 0.0346. The van der Waals surface area contributed by atoms with Gasteiger partial charge in [-0.1, -0.05) is 48.5 Å². The number of para-hydroxylation sites is 1. The number of aliphatic carboxylic acids is 1. The van der Waals surface area contributed by atoms with Crippen molar-refractivity contribution < 1.29 is 9.90 Å². The van der Waals surface area contributed by atoms with Gasteiger partial charge in [-0.15, -0.1) is 0 Å². The Morgan fingerprint density at radius 1 is 1.04 bits per heavy atom. The largest absolute Gasteiger partial charge is 0.550 e. The summed E-state index contributed by atoms with van der Waals surface area (Å²) in [5.41, 5.74) is 3.31. The Bertz CT molecular complexity index is 698. The van der Waals surface area contributed by atoms with Gasteiger partial charge in [0.05, 0.1) is 11.7 Å². The van der Waals surface area contributed by atoms with Crippen LogP contribution in [0.15, 0.2) is 65.8 Å². The SMILES string of the molecule is O=C([O-])CCC1=NN(c2ccccc2)[C@@H](CCc2ccccc2)C1. The number of nitrogens with zero attached hydrogens (tertiary/aromatic N) is 2. The highest BCUT2D eigenvalue weighted by Crippen LogP contribution is 2.28. The first-order chi connectivity index (χ1) is 11.7. The zero-order valence-corrected chi connectivity index (χ0v) is 13.6. The molecule has 3 rings (SSSR count). The van der Waals surface area contributed by atoms with Gasteiger partial charge in [-0.05, 0) is 43.4 Å². The number of carbonyl (C=O) groups is 1. The molecule has 0 radical (unpaired) electrons. The highest BCUT2D eigenvalue weighted by Gasteiger charge is 2.27. The topological polar surface area (TPSA) is 55.7 Å². The molecule has 1 heterocycles. The lowest BCUT2D eigenvalue weighted by Crippen LogP contribution is -2.27. The van der Waals surface area contributed by atoms with Crippen LogP contribution in [-0.4, -0.2) is 17.7 Å². The van der Waals surface area contributed by atoms with Crippen molar-refractivity contribution in [1.82, 2.24) is 0 Å². The van der Waals surface area contributed by atoms with Gasteiger partial charge in [0.1, 0.15) is 0 Å². The molecule has 0 amide bonds. The quantitative estimate of drug-likeness (QED) is 0.788. The number of anilines is 1. The van der Waals surface area contributed by atoms with Crippen molar-refractivity contribution in [3.63, 3.8) is 0 Å². The van der Waals surface area contributed by atoms with Crippen LogP contribution < -0.4 is 10.1 Å². The fourth-order valence-electron chi connectivity index (χ4n) is 3.08. The van der Waals surface area contributed by atoms with Crippen molar-refractivity contribution in [2.75, 3.05) is 5.01 Å². The van der Waals surface area contributed by atoms with E-state index in [-0.39, 0.29) is 12.5 Å². The number of benzene rings is 2. The van der Waals surface area contributed by atoms with Gasteiger partial charge in [0, 0.05) is 18.1 Å². The summed E-state index contributed by atoms with van der Waals surface area (Å²) >= 11 is 0. The number of aryl methyl sites for hydroxylation is 1. The van der Waals surface area contributed by atoms with Gasteiger partial charge in [0.2, 0.25) is 0 Å². The van der Waals surface area contributed by atoms with Crippen LogP contribution in [0.25, 0.3) is 0 Å². The van der Waals surface area contributed by atoms with Crippen molar-refractivity contribution in [3.8, 4) is 0 Å². The maximum Gasteiger partial charge on any atom is 0.0597 e. The number of carboxylic acids is 1. The first-order valence-corrected chi connectivity index (χ1v) is 8.37. The molecule has 0 spiro atoms. The predicted molar refractivity (Wildman–Crippen MR) is 93.8 cm³/mol. The fraction of sp³-hybridized carbons (Fsp3) is 0.300. The second kappa shape index (κ2) is 7.77. The average Bonchev–Trinajstić information content (AvgIpc) is 3.03. The summed E-state index contributed by atoms with van der Waals surface area (Å²) in [6.45, 7) is 0. The molecule has 0 fully saturated rings. The molecule has 0 aliphatic carbocycles. The highest BCUT2D eigenvalue weighted by molar-refractivity contribution is 5.90. The molecule has 4 nitrogen and oxygen atoms in total. The van der Waals surface area contributed by atoms with E-state index in [1.54, 1.807) is 0 Å². The number of carbonyl (C=O) groups excluding carboxylic acids is 1. The van der Waals surface area contributed by atoms with Crippen molar-refractivity contribution in [2.24, 2.45) is 5.10 Å². The molecule has 1 aliphatic heterocycles. The zero-order chi connectivity index (χ0) is 16.8. The lowest BCUT2D eigenvalue weighted by Gasteiger charge is -2.23. The molecular formula is C20H21N2O2-. The van der Waals surface area contributed by atoms with Gasteiger partial charge in [-0.3, -0.25) is 5.01 Å². The minimum atomic E-state index is -1.02. The molecule has 0 saturated carbocycles. The summed E-state index contributed by atoms with van der Waals surface area (Å²) in [6, 6.07) is 20.7. The number of hydrogen-bond donors (Lipinski definition) is 0. The molecule has 124 valence electrons. The van der Waals surface area contributed by atoms with E-state index in [0.717, 1.165) is 30.7 Å². The van der Waals surface area contributed by atoms with Crippen molar-refractivity contribution in [1.29, 1.82) is 0 Å². The van der Waals surface area contributed by atoms with Crippen LogP contribution in [0.4, 0.5) is 5.69 Å². The first kappa shape index (κ1) is 16.2. The van der Waals surface area contributed by atoms with E-state index in [1.807, 2.05) is 41.4 Å². The van der Waals surface area contributed by atoms with E-state index in [0.29, 0.717) is 6.42 Å². The standard InChI is InChI=1S/C20H22N2O2/c23-20(24)14-12-17-15-19(13-11-16-7-3-1-4-8-16)22(21-17)18-9-5-2-6-10-18/h1-10,19H,11-15H2,(H,23,24)/p-1/t19-/m0/s1. The van der Waals surface area contributed by atoms with Crippen LogP contribution in [0.3, 0.4) is 0 Å². The van der Waals surface area contributed by atoms with E-state index in [1.165, 1.54) is 5.56 Å². The van der Waals surface area contributed by atoms with Crippen LogP contribution in [0.5, 0.6) is 0 Å². The Balaban J connectivity index is 1.70. The second-order valence-corrected chi connectivity index (χ2v) is 6.10. The maximum absolute atomic E-state index is 10.7. The average molecular weight is 321 g/mol. The molecular weight excluding hydrogens is 300 g/mol. The monoisotopic (exact) mass is 321 g/mol. The van der Waals surface area contributed by atoms with Gasteiger partial charge in [-0.25, -0.2) is 0 Å². The van der Waals surface area contributed by atoms with Gasteiger partial charge >= 0.3 is 0 Å². The molecule has 1 atom stereocenters. The van der Waals surface area contributed by atoms with E-state index in [4.69, 9.17) is 0 Å². The molecule has 24 heavy (non-hydrogen) atoms. The summed E-state index contributed by atoms with van der Waals surface area (Å²) in [5, 5.41) is 17.5. The molecule has 0 unspecified atom stereocenters. The maximum atomic E-state index is 10.7. The Kier molecular flexibility index (Phi) is 5.26. The van der Waals surface area contributed by atoms with Crippen LogP contribution in [0.2, 0.25) is 0 Å². The van der Waals surface area contributed by atoms with Gasteiger partial charge < -0.3 is 9.90 Å². The predicted octanol–water partition coefficient (Wildman–Crippen LogP) is 2.78. The minimum Gasteiger partial charge on any atom is -0.550 e. The van der Waals surface area contributed by atoms with Gasteiger partial charge in [-0.2, -0.15) is 5.10 Å². The van der Waals surface area contributed by atoms with E-state index in [2.05, 4.69) is 29.4 Å². The van der Waals surface area contributed by atoms with E-state index >= 15 is 0 Å². The number of carboxylic acid groups (broad SMARTS) is 1.